The highest BCUT2D eigenvalue weighted by Gasteiger charge is 2.47. The number of aliphatic hydroxyl groups is 5. The number of aliphatic hydroxyl groups excluding tert-OH is 5. The summed E-state index contributed by atoms with van der Waals surface area (Å²) in [5, 5.41) is 56.7. The summed E-state index contributed by atoms with van der Waals surface area (Å²) >= 11 is 0. The second kappa shape index (κ2) is 48.0. The lowest BCUT2D eigenvalue weighted by Crippen LogP contribution is -2.61. The van der Waals surface area contributed by atoms with Gasteiger partial charge in [-0.15, -0.1) is 0 Å². The van der Waals surface area contributed by atoms with E-state index in [0.29, 0.717) is 12.8 Å². The molecule has 8 atom stereocenters. The molecule has 0 aromatic rings. The van der Waals surface area contributed by atoms with Crippen LogP contribution in [0.25, 0.3) is 0 Å². The van der Waals surface area contributed by atoms with Gasteiger partial charge in [0.25, 0.3) is 0 Å². The van der Waals surface area contributed by atoms with Gasteiger partial charge in [0.05, 0.1) is 25.4 Å². The monoisotopic (exact) mass is 1010 g/mol. The van der Waals surface area contributed by atoms with Gasteiger partial charge in [0, 0.05) is 6.42 Å². The molecule has 1 amide bonds. The molecule has 1 aliphatic rings. The Kier molecular flexibility index (Phi) is 44.1. The van der Waals surface area contributed by atoms with Gasteiger partial charge in [-0.2, -0.15) is 0 Å². The Balaban J connectivity index is 2.78. The van der Waals surface area contributed by atoms with E-state index in [1.807, 2.05) is 48.6 Å². The molecule has 1 heterocycles. The SMILES string of the molecule is CC/C=C\C/C=C\C/C=C\C/C=C\C/C=C\CCCCCC(=O)OC1C(OCC(NC(=O)C(O)CCCC\C=C/C=C\C=C\C=C\CC)C(O)/C=C/CCCCCCCCCCCC)OC(CO)C(O)C1O. The van der Waals surface area contributed by atoms with Crippen molar-refractivity contribution in [3.05, 3.63) is 122 Å². The quantitative estimate of drug-likeness (QED) is 0.0149. The number of esters is 1. The topological polar surface area (TPSA) is 175 Å². The molecule has 6 N–H and O–H groups in total. The lowest BCUT2D eigenvalue weighted by Gasteiger charge is -2.41. The summed E-state index contributed by atoms with van der Waals surface area (Å²) < 4.78 is 17.5. The van der Waals surface area contributed by atoms with E-state index in [1.165, 1.54) is 44.9 Å². The van der Waals surface area contributed by atoms with Crippen LogP contribution in [0.3, 0.4) is 0 Å². The molecule has 0 aromatic heterocycles. The number of amides is 1. The molecule has 72 heavy (non-hydrogen) atoms. The molecule has 0 radical (unpaired) electrons. The summed E-state index contributed by atoms with van der Waals surface area (Å²) in [6, 6.07) is -1.06. The molecule has 0 saturated carbocycles. The van der Waals surface area contributed by atoms with Crippen molar-refractivity contribution in [2.75, 3.05) is 13.2 Å². The summed E-state index contributed by atoms with van der Waals surface area (Å²) in [4.78, 5) is 26.4. The largest absolute Gasteiger partial charge is 0.454 e. The van der Waals surface area contributed by atoms with Crippen LogP contribution in [0, 0.1) is 0 Å². The van der Waals surface area contributed by atoms with Crippen LogP contribution in [0.1, 0.15) is 188 Å². The molecule has 408 valence electrons. The molecule has 1 rings (SSSR count). The van der Waals surface area contributed by atoms with Crippen LogP contribution in [0.2, 0.25) is 0 Å². The van der Waals surface area contributed by atoms with Gasteiger partial charge in [0.1, 0.15) is 24.4 Å². The Morgan fingerprint density at radius 1 is 0.569 bits per heavy atom. The molecule has 11 nitrogen and oxygen atoms in total. The fourth-order valence-electron chi connectivity index (χ4n) is 7.80. The maximum Gasteiger partial charge on any atom is 0.306 e. The van der Waals surface area contributed by atoms with Crippen LogP contribution in [0.4, 0.5) is 0 Å². The molecule has 0 aromatic carbocycles. The predicted molar refractivity (Wildman–Crippen MR) is 296 cm³/mol. The van der Waals surface area contributed by atoms with Gasteiger partial charge in [-0.25, -0.2) is 0 Å². The maximum absolute atomic E-state index is 13.3. The van der Waals surface area contributed by atoms with Crippen molar-refractivity contribution in [1.82, 2.24) is 5.32 Å². The molecular formula is C61H99NO10. The molecule has 0 bridgehead atoms. The number of nitrogens with one attached hydrogen (secondary N) is 1. The second-order valence-corrected chi connectivity index (χ2v) is 18.6. The normalized spacial score (nSPS) is 20.5. The van der Waals surface area contributed by atoms with Crippen LogP contribution in [-0.4, -0.2) is 99.6 Å². The number of hydrogen-bond acceptors (Lipinski definition) is 10. The van der Waals surface area contributed by atoms with Gasteiger partial charge in [0.2, 0.25) is 5.91 Å². The van der Waals surface area contributed by atoms with Crippen molar-refractivity contribution >= 4 is 11.9 Å². The van der Waals surface area contributed by atoms with Crippen molar-refractivity contribution in [3.63, 3.8) is 0 Å². The lowest BCUT2D eigenvalue weighted by molar-refractivity contribution is -0.305. The van der Waals surface area contributed by atoms with Crippen molar-refractivity contribution in [2.45, 2.75) is 237 Å². The standard InChI is InChI=1S/C61H99NO10/c1-4-7-10-13-16-19-22-25-26-27-28-29-30-31-34-37-40-43-46-49-56(66)72-59-58(68)57(67)55(50-63)71-61(59)70-51-52(53(64)47-44-41-38-35-32-23-20-17-14-11-8-5-2)62-60(69)54(65)48-45-42-39-36-33-24-21-18-15-12-9-6-3/h7,9-10,12,15-16,18-19,21,24-26,28-29,31,33-34,36,44,47,52-55,57-59,61,63-65,67-68H,4-6,8,11,13-14,17,20,22-23,27,30,32,35,37-43,45-46,48-51H2,1-3H3,(H,62,69)/b10-7-,12-9+,18-15+,19-16-,24-21-,26-25-,29-28-,34-31-,36-33-,47-44+. The van der Waals surface area contributed by atoms with Crippen LogP contribution in [0.5, 0.6) is 0 Å². The summed E-state index contributed by atoms with van der Waals surface area (Å²) in [5.41, 5.74) is 0. The molecule has 8 unspecified atom stereocenters. The predicted octanol–water partition coefficient (Wildman–Crippen LogP) is 12.3. The van der Waals surface area contributed by atoms with Crippen molar-refractivity contribution in [2.24, 2.45) is 0 Å². The molecular weight excluding hydrogens is 907 g/mol. The molecule has 1 aliphatic heterocycles. The Bertz CT molecular complexity index is 1630. The van der Waals surface area contributed by atoms with Gasteiger partial charge in [-0.1, -0.05) is 213 Å². The highest BCUT2D eigenvalue weighted by atomic mass is 16.7. The van der Waals surface area contributed by atoms with Crippen LogP contribution < -0.4 is 5.32 Å². The van der Waals surface area contributed by atoms with Crippen molar-refractivity contribution < 1.29 is 49.3 Å². The fourth-order valence-corrected chi connectivity index (χ4v) is 7.80. The van der Waals surface area contributed by atoms with E-state index in [4.69, 9.17) is 14.2 Å². The van der Waals surface area contributed by atoms with Crippen molar-refractivity contribution in [3.8, 4) is 0 Å². The zero-order chi connectivity index (χ0) is 52.5. The zero-order valence-electron chi connectivity index (χ0n) is 44.7. The Morgan fingerprint density at radius 3 is 1.67 bits per heavy atom. The Hall–Kier alpha value is -3.94. The van der Waals surface area contributed by atoms with Gasteiger partial charge in [-0.3, -0.25) is 9.59 Å². The second-order valence-electron chi connectivity index (χ2n) is 18.6. The minimum Gasteiger partial charge on any atom is -0.454 e. The summed E-state index contributed by atoms with van der Waals surface area (Å²) in [5.74, 6) is -1.28. The van der Waals surface area contributed by atoms with Gasteiger partial charge < -0.3 is 45.1 Å². The lowest BCUT2D eigenvalue weighted by atomic mass is 9.99. The smallest absolute Gasteiger partial charge is 0.306 e. The number of ether oxygens (including phenoxy) is 3. The molecule has 1 saturated heterocycles. The highest BCUT2D eigenvalue weighted by molar-refractivity contribution is 5.80. The van der Waals surface area contributed by atoms with E-state index in [-0.39, 0.29) is 19.4 Å². The summed E-state index contributed by atoms with van der Waals surface area (Å²) in [6.45, 7) is 5.44. The van der Waals surface area contributed by atoms with E-state index in [2.05, 4.69) is 92.9 Å². The first-order valence-corrected chi connectivity index (χ1v) is 27.9. The molecule has 11 heteroatoms. The van der Waals surface area contributed by atoms with E-state index in [0.717, 1.165) is 96.3 Å². The van der Waals surface area contributed by atoms with Gasteiger partial charge in [-0.05, 0) is 89.9 Å². The van der Waals surface area contributed by atoms with Crippen LogP contribution in [0.15, 0.2) is 122 Å². The first-order valence-electron chi connectivity index (χ1n) is 27.9. The first-order chi connectivity index (χ1) is 35.2. The number of unbranched alkanes of at least 4 members (excludes halogenated alkanes) is 15. The van der Waals surface area contributed by atoms with E-state index >= 15 is 0 Å². The third-order valence-corrected chi connectivity index (χ3v) is 12.2. The minimum atomic E-state index is -1.64. The van der Waals surface area contributed by atoms with E-state index in [9.17, 15) is 35.1 Å². The average Bonchev–Trinajstić information content (AvgIpc) is 3.38. The van der Waals surface area contributed by atoms with E-state index < -0.39 is 67.4 Å². The summed E-state index contributed by atoms with van der Waals surface area (Å²) in [7, 11) is 0. The number of rotatable bonds is 44. The average molecular weight is 1010 g/mol. The number of allylic oxidation sites excluding steroid dienone is 19. The highest BCUT2D eigenvalue weighted by Crippen LogP contribution is 2.26. The maximum atomic E-state index is 13.3. The molecule has 0 spiro atoms. The third kappa shape index (κ3) is 36.1. The number of hydrogen-bond donors (Lipinski definition) is 6. The zero-order valence-corrected chi connectivity index (χ0v) is 44.7. The third-order valence-electron chi connectivity index (χ3n) is 12.2. The Morgan fingerprint density at radius 2 is 1.07 bits per heavy atom. The van der Waals surface area contributed by atoms with Gasteiger partial charge in [0.15, 0.2) is 12.4 Å². The minimum absolute atomic E-state index is 0.0718. The molecule has 1 fully saturated rings. The van der Waals surface area contributed by atoms with Crippen LogP contribution >= 0.6 is 0 Å². The number of carbonyl (C=O) groups is 2. The fraction of sp³-hybridized carbons (Fsp3) is 0.639. The van der Waals surface area contributed by atoms with Crippen LogP contribution in [-0.2, 0) is 23.8 Å². The summed E-state index contributed by atoms with van der Waals surface area (Å²) in [6.07, 6.45) is 55.3. The first kappa shape index (κ1) is 66.1. The Labute approximate surface area is 436 Å². The molecule has 0 aliphatic carbocycles. The number of carbonyl (C=O) groups excluding carboxylic acids is 2. The van der Waals surface area contributed by atoms with E-state index in [1.54, 1.807) is 6.08 Å². The van der Waals surface area contributed by atoms with Gasteiger partial charge >= 0.3 is 5.97 Å². The van der Waals surface area contributed by atoms with Crippen molar-refractivity contribution in [1.29, 1.82) is 0 Å².